The molecule has 7 nitrogen and oxygen atoms in total. The van der Waals surface area contributed by atoms with E-state index in [2.05, 4.69) is 0 Å². The first kappa shape index (κ1) is 25.3. The van der Waals surface area contributed by atoms with Gasteiger partial charge < -0.3 is 10.0 Å². The van der Waals surface area contributed by atoms with Crippen LogP contribution in [0.3, 0.4) is 0 Å². The number of aryl methyl sites for hydroxylation is 1. The predicted octanol–water partition coefficient (Wildman–Crippen LogP) is 3.85. The van der Waals surface area contributed by atoms with Crippen molar-refractivity contribution in [1.82, 2.24) is 9.21 Å². The fourth-order valence-corrected chi connectivity index (χ4v) is 6.04. The largest absolute Gasteiger partial charge is 0.370 e. The van der Waals surface area contributed by atoms with Crippen LogP contribution in [0.25, 0.3) is 0 Å². The zero-order valence-corrected chi connectivity index (χ0v) is 21.2. The number of nitrogens with zero attached hydrogens (tertiary/aromatic N) is 2. The topological polar surface area (TPSA) is 95.0 Å². The van der Waals surface area contributed by atoms with Crippen molar-refractivity contribution in [3.63, 3.8) is 0 Å². The summed E-state index contributed by atoms with van der Waals surface area (Å²) in [4.78, 5) is 29.3. The molecule has 1 unspecified atom stereocenters. The minimum Gasteiger partial charge on any atom is -0.370 e. The number of aliphatic hydroxyl groups is 1. The number of ketones is 1. The van der Waals surface area contributed by atoms with E-state index in [1.165, 1.54) is 12.1 Å². The van der Waals surface area contributed by atoms with Crippen molar-refractivity contribution in [2.75, 3.05) is 13.1 Å². The van der Waals surface area contributed by atoms with E-state index >= 15 is 0 Å². The van der Waals surface area contributed by atoms with E-state index in [9.17, 15) is 23.1 Å². The number of hydrogen-bond donors (Lipinski definition) is 1. The van der Waals surface area contributed by atoms with Crippen molar-refractivity contribution in [2.45, 2.75) is 31.4 Å². The van der Waals surface area contributed by atoms with Gasteiger partial charge in [-0.05, 0) is 32.9 Å². The minimum atomic E-state index is -4.58. The first-order chi connectivity index (χ1) is 17.2. The standard InChI is InChI=1S/C28H28N2O5S/c1-4-29(5-2)26-24(25(31)21-12-8-6-9-13-21)27(32)30(28(26,33)22-14-10-7-11-15-22)36(34,35)23-18-16-20(3)17-19-23/h6-19,33H,4-5H2,1-3H3. The van der Waals surface area contributed by atoms with Crippen LogP contribution in [0.1, 0.15) is 35.3 Å². The van der Waals surface area contributed by atoms with Crippen LogP contribution >= 0.6 is 0 Å². The second kappa shape index (κ2) is 9.72. The summed E-state index contributed by atoms with van der Waals surface area (Å²) < 4.78 is 28.4. The first-order valence-corrected chi connectivity index (χ1v) is 13.2. The molecule has 0 radical (unpaired) electrons. The summed E-state index contributed by atoms with van der Waals surface area (Å²) in [7, 11) is -4.58. The molecule has 0 aliphatic carbocycles. The van der Waals surface area contributed by atoms with Gasteiger partial charge in [-0.15, -0.1) is 0 Å². The summed E-state index contributed by atoms with van der Waals surface area (Å²) in [5.41, 5.74) is -1.64. The van der Waals surface area contributed by atoms with Gasteiger partial charge in [-0.3, -0.25) is 9.59 Å². The van der Waals surface area contributed by atoms with Crippen LogP contribution in [-0.4, -0.2) is 47.5 Å². The molecule has 186 valence electrons. The van der Waals surface area contributed by atoms with Gasteiger partial charge in [0.05, 0.1) is 10.6 Å². The monoisotopic (exact) mass is 504 g/mol. The summed E-state index contributed by atoms with van der Waals surface area (Å²) in [5.74, 6) is -1.73. The number of carbonyl (C=O) groups is 2. The quantitative estimate of drug-likeness (QED) is 0.370. The molecular weight excluding hydrogens is 476 g/mol. The fraction of sp³-hybridized carbons (Fsp3) is 0.214. The second-order valence-electron chi connectivity index (χ2n) is 8.52. The molecule has 3 aromatic carbocycles. The van der Waals surface area contributed by atoms with Crippen molar-refractivity contribution in [2.24, 2.45) is 0 Å². The average molecular weight is 505 g/mol. The van der Waals surface area contributed by atoms with Crippen LogP contribution in [0, 0.1) is 6.92 Å². The summed E-state index contributed by atoms with van der Waals surface area (Å²) in [6.45, 7) is 6.10. The second-order valence-corrected chi connectivity index (χ2v) is 10.3. The van der Waals surface area contributed by atoms with Gasteiger partial charge in [0.1, 0.15) is 5.57 Å². The van der Waals surface area contributed by atoms with E-state index in [-0.39, 0.29) is 27.3 Å². The van der Waals surface area contributed by atoms with E-state index in [0.717, 1.165) is 5.56 Å². The number of rotatable bonds is 8. The lowest BCUT2D eigenvalue weighted by Crippen LogP contribution is -2.51. The number of carbonyl (C=O) groups excluding carboxylic acids is 2. The third-order valence-corrected chi connectivity index (χ3v) is 8.12. The molecule has 0 saturated heterocycles. The molecule has 1 aliphatic rings. The van der Waals surface area contributed by atoms with Gasteiger partial charge >= 0.3 is 0 Å². The maximum atomic E-state index is 14.0. The average Bonchev–Trinajstić information content (AvgIpc) is 3.13. The van der Waals surface area contributed by atoms with E-state index < -0.39 is 27.4 Å². The van der Waals surface area contributed by atoms with Crippen LogP contribution in [0.4, 0.5) is 0 Å². The van der Waals surface area contributed by atoms with Crippen LogP contribution in [-0.2, 0) is 20.5 Å². The lowest BCUT2D eigenvalue weighted by atomic mass is 9.95. The van der Waals surface area contributed by atoms with Gasteiger partial charge in [-0.2, -0.15) is 4.31 Å². The molecule has 3 aromatic rings. The maximum Gasteiger partial charge on any atom is 0.276 e. The van der Waals surface area contributed by atoms with Crippen LogP contribution in [0.15, 0.2) is 101 Å². The number of Topliss-reactive ketones (excluding diaryl/α,β-unsaturated/α-hetero) is 1. The maximum absolute atomic E-state index is 14.0. The summed E-state index contributed by atoms with van der Waals surface area (Å²) >= 11 is 0. The van der Waals surface area contributed by atoms with Crippen molar-refractivity contribution in [3.8, 4) is 0 Å². The Labute approximate surface area is 211 Å². The third kappa shape index (κ3) is 4.02. The lowest BCUT2D eigenvalue weighted by Gasteiger charge is -2.39. The Morgan fingerprint density at radius 3 is 1.94 bits per heavy atom. The summed E-state index contributed by atoms with van der Waals surface area (Å²) in [6.07, 6.45) is 0. The first-order valence-electron chi connectivity index (χ1n) is 11.7. The Hall–Kier alpha value is -3.75. The number of benzene rings is 3. The smallest absolute Gasteiger partial charge is 0.276 e. The van der Waals surface area contributed by atoms with Gasteiger partial charge in [0, 0.05) is 24.2 Å². The van der Waals surface area contributed by atoms with Crippen LogP contribution in [0.2, 0.25) is 0 Å². The molecule has 36 heavy (non-hydrogen) atoms. The molecule has 0 aromatic heterocycles. The van der Waals surface area contributed by atoms with Crippen molar-refractivity contribution < 1.29 is 23.1 Å². The zero-order chi connectivity index (χ0) is 26.1. The summed E-state index contributed by atoms with van der Waals surface area (Å²) in [6, 6.07) is 22.3. The Bertz CT molecular complexity index is 1410. The Kier molecular flexibility index (Phi) is 6.84. The number of likely N-dealkylation sites (N-methyl/N-ethyl adjacent to an activating group) is 1. The predicted molar refractivity (Wildman–Crippen MR) is 136 cm³/mol. The van der Waals surface area contributed by atoms with Crippen molar-refractivity contribution in [3.05, 3.63) is 113 Å². The molecule has 0 fully saturated rings. The van der Waals surface area contributed by atoms with Crippen LogP contribution < -0.4 is 0 Å². The Morgan fingerprint density at radius 2 is 1.42 bits per heavy atom. The molecule has 8 heteroatoms. The molecule has 4 rings (SSSR count). The third-order valence-electron chi connectivity index (χ3n) is 6.34. The molecule has 0 saturated carbocycles. The Balaban J connectivity index is 2.06. The minimum absolute atomic E-state index is 0.0479. The van der Waals surface area contributed by atoms with Gasteiger partial charge in [0.15, 0.2) is 0 Å². The van der Waals surface area contributed by atoms with Crippen LogP contribution in [0.5, 0.6) is 0 Å². The highest BCUT2D eigenvalue weighted by Gasteiger charge is 2.60. The van der Waals surface area contributed by atoms with Crippen molar-refractivity contribution in [1.29, 1.82) is 0 Å². The van der Waals surface area contributed by atoms with E-state index in [4.69, 9.17) is 0 Å². The zero-order valence-electron chi connectivity index (χ0n) is 20.4. The molecule has 1 N–H and O–H groups in total. The van der Waals surface area contributed by atoms with Crippen molar-refractivity contribution >= 4 is 21.7 Å². The number of hydrogen-bond acceptors (Lipinski definition) is 6. The van der Waals surface area contributed by atoms with Gasteiger partial charge in [0.25, 0.3) is 15.9 Å². The normalized spacial score (nSPS) is 18.0. The summed E-state index contributed by atoms with van der Waals surface area (Å²) in [5, 5.41) is 12.4. The SMILES string of the molecule is CCN(CC)C1=C(C(=O)c2ccccc2)C(=O)N(S(=O)(=O)c2ccc(C)cc2)C1(O)c1ccccc1. The molecule has 1 heterocycles. The van der Waals surface area contributed by atoms with E-state index in [1.807, 2.05) is 20.8 Å². The number of sulfonamides is 1. The molecule has 0 bridgehead atoms. The van der Waals surface area contributed by atoms with E-state index in [0.29, 0.717) is 17.4 Å². The Morgan fingerprint density at radius 1 is 0.889 bits per heavy atom. The highest BCUT2D eigenvalue weighted by atomic mass is 32.2. The highest BCUT2D eigenvalue weighted by Crippen LogP contribution is 2.47. The van der Waals surface area contributed by atoms with Gasteiger partial charge in [0.2, 0.25) is 11.5 Å². The van der Waals surface area contributed by atoms with Gasteiger partial charge in [-0.25, -0.2) is 8.42 Å². The fourth-order valence-electron chi connectivity index (χ4n) is 4.50. The van der Waals surface area contributed by atoms with Gasteiger partial charge in [-0.1, -0.05) is 78.4 Å². The molecule has 1 atom stereocenters. The number of amides is 1. The van der Waals surface area contributed by atoms with E-state index in [1.54, 1.807) is 77.7 Å². The lowest BCUT2D eigenvalue weighted by molar-refractivity contribution is -0.133. The highest BCUT2D eigenvalue weighted by molar-refractivity contribution is 7.89. The molecule has 0 spiro atoms. The molecule has 1 aliphatic heterocycles. The molecular formula is C28H28N2O5S. The molecule has 1 amide bonds.